The van der Waals surface area contributed by atoms with Crippen molar-refractivity contribution in [1.29, 1.82) is 0 Å². The summed E-state index contributed by atoms with van der Waals surface area (Å²) in [6, 6.07) is 0. The number of nitrogen functional groups attached to an aromatic ring is 1. The van der Waals surface area contributed by atoms with Crippen molar-refractivity contribution in [2.75, 3.05) is 17.6 Å². The summed E-state index contributed by atoms with van der Waals surface area (Å²) in [6.45, 7) is 5.74. The highest BCUT2D eigenvalue weighted by molar-refractivity contribution is 7.18. The van der Waals surface area contributed by atoms with Gasteiger partial charge < -0.3 is 16.4 Å². The maximum Gasteiger partial charge on any atom is 0.389 e. The Balaban J connectivity index is 2.55. The molecule has 0 radical (unpaired) electrons. The molecule has 0 unspecified atom stereocenters. The van der Waals surface area contributed by atoms with Gasteiger partial charge in [0.05, 0.1) is 0 Å². The molecule has 21 heavy (non-hydrogen) atoms. The van der Waals surface area contributed by atoms with Gasteiger partial charge in [-0.2, -0.15) is 13.2 Å². The van der Waals surface area contributed by atoms with Crippen LogP contribution in [0.5, 0.6) is 0 Å². The van der Waals surface area contributed by atoms with Gasteiger partial charge in [0.2, 0.25) is 0 Å². The molecule has 1 amide bonds. The number of aromatic nitrogens is 1. The predicted molar refractivity (Wildman–Crippen MR) is 77.5 cm³/mol. The molecule has 5 nitrogen and oxygen atoms in total. The van der Waals surface area contributed by atoms with Gasteiger partial charge in [0.15, 0.2) is 5.13 Å². The van der Waals surface area contributed by atoms with Gasteiger partial charge in [-0.05, 0) is 27.2 Å². The van der Waals surface area contributed by atoms with E-state index in [1.54, 1.807) is 0 Å². The molecular formula is C12H19F3N4OS. The second-order valence-corrected chi connectivity index (χ2v) is 6.58. The number of nitrogens with two attached hydrogens (primary N) is 1. The highest BCUT2D eigenvalue weighted by Crippen LogP contribution is 2.27. The fraction of sp³-hybridized carbons (Fsp3) is 0.667. The van der Waals surface area contributed by atoms with Crippen molar-refractivity contribution in [2.45, 2.75) is 45.3 Å². The Hall–Kier alpha value is -1.51. The number of rotatable bonds is 5. The molecule has 4 N–H and O–H groups in total. The van der Waals surface area contributed by atoms with E-state index in [-0.39, 0.29) is 29.2 Å². The molecule has 1 heterocycles. The van der Waals surface area contributed by atoms with Gasteiger partial charge in [0, 0.05) is 18.5 Å². The van der Waals surface area contributed by atoms with Crippen LogP contribution >= 0.6 is 11.3 Å². The van der Waals surface area contributed by atoms with Crippen LogP contribution in [0.2, 0.25) is 0 Å². The Morgan fingerprint density at radius 3 is 2.48 bits per heavy atom. The van der Waals surface area contributed by atoms with Crippen LogP contribution in [0, 0.1) is 0 Å². The van der Waals surface area contributed by atoms with Crippen molar-refractivity contribution < 1.29 is 18.0 Å². The van der Waals surface area contributed by atoms with E-state index in [4.69, 9.17) is 5.73 Å². The fourth-order valence-electron chi connectivity index (χ4n) is 1.44. The number of nitrogens with zero attached hydrogens (tertiary/aromatic N) is 1. The summed E-state index contributed by atoms with van der Waals surface area (Å²) < 4.78 is 35.9. The first-order chi connectivity index (χ1) is 9.48. The molecule has 0 atom stereocenters. The first kappa shape index (κ1) is 17.5. The van der Waals surface area contributed by atoms with Crippen LogP contribution in [0.15, 0.2) is 0 Å². The molecule has 0 saturated heterocycles. The standard InChI is InChI=1S/C12H19F3N4OS/c1-11(2,3)19-10-18-8(16)7(21-10)9(20)17-6-4-5-12(13,14)15/h4-6,16H2,1-3H3,(H,17,20)(H,18,19). The molecule has 0 spiro atoms. The van der Waals surface area contributed by atoms with Crippen molar-refractivity contribution in [1.82, 2.24) is 10.3 Å². The number of carbonyl (C=O) groups excluding carboxylic acids is 1. The van der Waals surface area contributed by atoms with Crippen LogP contribution in [0.25, 0.3) is 0 Å². The van der Waals surface area contributed by atoms with Gasteiger partial charge in [-0.3, -0.25) is 4.79 Å². The smallest absolute Gasteiger partial charge is 0.382 e. The Labute approximate surface area is 125 Å². The SMILES string of the molecule is CC(C)(C)Nc1nc(N)c(C(=O)NCCCC(F)(F)F)s1. The van der Waals surface area contributed by atoms with Crippen molar-refractivity contribution >= 4 is 28.2 Å². The lowest BCUT2D eigenvalue weighted by molar-refractivity contribution is -0.135. The number of nitrogens with one attached hydrogen (secondary N) is 2. The van der Waals surface area contributed by atoms with Gasteiger partial charge in [-0.1, -0.05) is 11.3 Å². The van der Waals surface area contributed by atoms with Crippen LogP contribution < -0.4 is 16.4 Å². The number of halogens is 3. The van der Waals surface area contributed by atoms with E-state index in [9.17, 15) is 18.0 Å². The van der Waals surface area contributed by atoms with Gasteiger partial charge in [-0.25, -0.2) is 4.98 Å². The van der Waals surface area contributed by atoms with Gasteiger partial charge >= 0.3 is 6.18 Å². The van der Waals surface area contributed by atoms with Crippen molar-refractivity contribution in [2.24, 2.45) is 0 Å². The number of hydrogen-bond acceptors (Lipinski definition) is 5. The zero-order valence-corrected chi connectivity index (χ0v) is 12.9. The van der Waals surface area contributed by atoms with E-state index in [1.165, 1.54) is 0 Å². The Morgan fingerprint density at radius 1 is 1.33 bits per heavy atom. The minimum absolute atomic E-state index is 0.0578. The second kappa shape index (κ2) is 6.50. The third kappa shape index (κ3) is 6.65. The molecular weight excluding hydrogens is 305 g/mol. The Morgan fingerprint density at radius 2 is 1.95 bits per heavy atom. The fourth-order valence-corrected chi connectivity index (χ4v) is 2.45. The monoisotopic (exact) mass is 324 g/mol. The highest BCUT2D eigenvalue weighted by Gasteiger charge is 2.26. The van der Waals surface area contributed by atoms with E-state index < -0.39 is 18.5 Å². The molecule has 0 fully saturated rings. The molecule has 9 heteroatoms. The summed E-state index contributed by atoms with van der Waals surface area (Å²) in [7, 11) is 0. The molecule has 1 aromatic heterocycles. The summed E-state index contributed by atoms with van der Waals surface area (Å²) in [5, 5.41) is 6.00. The molecule has 120 valence electrons. The Kier molecular flexibility index (Phi) is 5.43. The average molecular weight is 324 g/mol. The average Bonchev–Trinajstić information content (AvgIpc) is 2.61. The number of carbonyl (C=O) groups is 1. The summed E-state index contributed by atoms with van der Waals surface area (Å²) in [5.41, 5.74) is 5.42. The van der Waals surface area contributed by atoms with Gasteiger partial charge in [-0.15, -0.1) is 0 Å². The predicted octanol–water partition coefficient (Wildman–Crippen LogP) is 3.01. The minimum atomic E-state index is -4.21. The number of alkyl halides is 3. The lowest BCUT2D eigenvalue weighted by Crippen LogP contribution is -2.26. The van der Waals surface area contributed by atoms with Crippen molar-refractivity contribution in [3.05, 3.63) is 4.88 Å². The molecule has 0 aromatic carbocycles. The van der Waals surface area contributed by atoms with Crippen molar-refractivity contribution in [3.8, 4) is 0 Å². The summed E-state index contributed by atoms with van der Waals surface area (Å²) in [6.07, 6.45) is -5.30. The van der Waals surface area contributed by atoms with E-state index >= 15 is 0 Å². The lowest BCUT2D eigenvalue weighted by atomic mass is 10.1. The molecule has 0 bridgehead atoms. The Bertz CT molecular complexity index is 494. The minimum Gasteiger partial charge on any atom is -0.382 e. The third-order valence-corrected chi connectivity index (χ3v) is 3.25. The normalized spacial score (nSPS) is 12.3. The highest BCUT2D eigenvalue weighted by atomic mass is 32.1. The van der Waals surface area contributed by atoms with Crippen LogP contribution in [0.1, 0.15) is 43.3 Å². The first-order valence-electron chi connectivity index (χ1n) is 6.37. The molecule has 0 saturated carbocycles. The van der Waals surface area contributed by atoms with Crippen LogP contribution in [-0.4, -0.2) is 29.2 Å². The number of thiazole rings is 1. The van der Waals surface area contributed by atoms with E-state index in [0.29, 0.717) is 5.13 Å². The van der Waals surface area contributed by atoms with E-state index in [0.717, 1.165) is 11.3 Å². The number of anilines is 2. The molecule has 0 aliphatic heterocycles. The molecule has 1 aromatic rings. The summed E-state index contributed by atoms with van der Waals surface area (Å²) in [4.78, 5) is 16.1. The lowest BCUT2D eigenvalue weighted by Gasteiger charge is -2.19. The van der Waals surface area contributed by atoms with Crippen LogP contribution in [-0.2, 0) is 0 Å². The maximum absolute atomic E-state index is 12.0. The summed E-state index contributed by atoms with van der Waals surface area (Å²) in [5.74, 6) is -0.436. The number of hydrogen-bond donors (Lipinski definition) is 3. The zero-order valence-electron chi connectivity index (χ0n) is 12.1. The quantitative estimate of drug-likeness (QED) is 0.727. The zero-order chi connectivity index (χ0) is 16.3. The third-order valence-electron chi connectivity index (χ3n) is 2.26. The molecule has 1 rings (SSSR count). The van der Waals surface area contributed by atoms with Gasteiger partial charge in [0.1, 0.15) is 10.7 Å². The number of amides is 1. The maximum atomic E-state index is 12.0. The molecule has 0 aliphatic rings. The van der Waals surface area contributed by atoms with E-state index in [1.807, 2.05) is 20.8 Å². The van der Waals surface area contributed by atoms with Crippen molar-refractivity contribution in [3.63, 3.8) is 0 Å². The second-order valence-electron chi connectivity index (χ2n) is 5.58. The van der Waals surface area contributed by atoms with Crippen LogP contribution in [0.4, 0.5) is 24.1 Å². The molecule has 0 aliphatic carbocycles. The van der Waals surface area contributed by atoms with E-state index in [2.05, 4.69) is 15.6 Å². The first-order valence-corrected chi connectivity index (χ1v) is 7.19. The largest absolute Gasteiger partial charge is 0.389 e. The van der Waals surface area contributed by atoms with Gasteiger partial charge in [0.25, 0.3) is 5.91 Å². The summed E-state index contributed by atoms with van der Waals surface area (Å²) >= 11 is 1.08. The topological polar surface area (TPSA) is 80.0 Å². The van der Waals surface area contributed by atoms with Crippen LogP contribution in [0.3, 0.4) is 0 Å².